The van der Waals surface area contributed by atoms with Gasteiger partial charge in [-0.3, -0.25) is 9.59 Å². The average molecular weight is 366 g/mol. The molecule has 0 spiro atoms. The van der Waals surface area contributed by atoms with Crippen molar-refractivity contribution in [3.8, 4) is 0 Å². The minimum Gasteiger partial charge on any atom is -0.352 e. The van der Waals surface area contributed by atoms with Crippen LogP contribution in [0, 0.1) is 11.8 Å². The molecule has 1 aliphatic carbocycles. The molecule has 1 aliphatic heterocycles. The Labute approximate surface area is 155 Å². The molecule has 1 saturated heterocycles. The van der Waals surface area contributed by atoms with E-state index in [-0.39, 0.29) is 30.1 Å². The number of likely N-dealkylation sites (tertiary alicyclic amines) is 1. The van der Waals surface area contributed by atoms with Gasteiger partial charge in [0.2, 0.25) is 11.8 Å². The Kier molecular flexibility index (Phi) is 7.26. The molecule has 1 aromatic rings. The largest absolute Gasteiger partial charge is 0.352 e. The van der Waals surface area contributed by atoms with Crippen LogP contribution in [0.15, 0.2) is 24.3 Å². The monoisotopic (exact) mass is 365 g/mol. The third-order valence-corrected chi connectivity index (χ3v) is 5.30. The number of hydrogen-bond acceptors (Lipinski definition) is 3. The summed E-state index contributed by atoms with van der Waals surface area (Å²) in [7, 11) is 0. The fourth-order valence-corrected chi connectivity index (χ4v) is 3.91. The number of amides is 2. The van der Waals surface area contributed by atoms with E-state index in [0.717, 1.165) is 43.4 Å². The molecule has 2 aliphatic rings. The van der Waals surface area contributed by atoms with Crippen LogP contribution in [0.3, 0.4) is 0 Å². The number of hydrogen-bond donors (Lipinski definition) is 2. The Morgan fingerprint density at radius 1 is 1.24 bits per heavy atom. The van der Waals surface area contributed by atoms with Crippen molar-refractivity contribution in [3.63, 3.8) is 0 Å². The summed E-state index contributed by atoms with van der Waals surface area (Å²) in [5, 5.41) is 3.06. The molecule has 2 atom stereocenters. The van der Waals surface area contributed by atoms with E-state index in [1.54, 1.807) is 0 Å². The number of carbonyl (C=O) groups excluding carboxylic acids is 2. The molecule has 25 heavy (non-hydrogen) atoms. The number of nitrogens with two attached hydrogens (primary N) is 1. The maximum Gasteiger partial charge on any atom is 0.223 e. The summed E-state index contributed by atoms with van der Waals surface area (Å²) in [6.07, 6.45) is 4.73. The summed E-state index contributed by atoms with van der Waals surface area (Å²) >= 11 is 0. The van der Waals surface area contributed by atoms with Gasteiger partial charge >= 0.3 is 0 Å². The van der Waals surface area contributed by atoms with Gasteiger partial charge in [-0.1, -0.05) is 30.7 Å². The molecule has 6 heteroatoms. The number of halogens is 1. The lowest BCUT2D eigenvalue weighted by Gasteiger charge is -2.18. The Hall–Kier alpha value is -1.59. The van der Waals surface area contributed by atoms with Gasteiger partial charge in [0.15, 0.2) is 0 Å². The fraction of sp³-hybridized carbons (Fsp3) is 0.579. The van der Waals surface area contributed by atoms with Gasteiger partial charge in [-0.2, -0.15) is 0 Å². The first-order valence-electron chi connectivity index (χ1n) is 9.00. The Morgan fingerprint density at radius 2 is 2.04 bits per heavy atom. The van der Waals surface area contributed by atoms with Gasteiger partial charge in [0.05, 0.1) is 0 Å². The minimum absolute atomic E-state index is 0. The fourth-order valence-electron chi connectivity index (χ4n) is 3.91. The highest BCUT2D eigenvalue weighted by atomic mass is 35.5. The molecule has 138 valence electrons. The number of nitrogens with one attached hydrogen (secondary N) is 1. The van der Waals surface area contributed by atoms with E-state index >= 15 is 0 Å². The molecule has 3 N–H and O–H groups in total. The molecule has 0 aromatic heterocycles. The van der Waals surface area contributed by atoms with E-state index in [4.69, 9.17) is 5.73 Å². The molecule has 2 fully saturated rings. The highest BCUT2D eigenvalue weighted by Crippen LogP contribution is 2.31. The number of carbonyl (C=O) groups is 2. The van der Waals surface area contributed by atoms with E-state index < -0.39 is 0 Å². The lowest BCUT2D eigenvalue weighted by Crippen LogP contribution is -2.34. The van der Waals surface area contributed by atoms with Gasteiger partial charge in [-0.05, 0) is 42.9 Å². The third-order valence-electron chi connectivity index (χ3n) is 5.30. The van der Waals surface area contributed by atoms with Crippen LogP contribution < -0.4 is 11.1 Å². The second-order valence-electron chi connectivity index (χ2n) is 6.99. The molecule has 3 rings (SSSR count). The van der Waals surface area contributed by atoms with Crippen LogP contribution >= 0.6 is 12.4 Å². The molecule has 2 amide bonds. The number of rotatable bonds is 6. The van der Waals surface area contributed by atoms with Crippen molar-refractivity contribution in [3.05, 3.63) is 35.4 Å². The molecule has 5 nitrogen and oxygen atoms in total. The summed E-state index contributed by atoms with van der Waals surface area (Å²) in [6.45, 7) is 2.65. The smallest absolute Gasteiger partial charge is 0.223 e. The van der Waals surface area contributed by atoms with Crippen LogP contribution in [0.2, 0.25) is 0 Å². The van der Waals surface area contributed by atoms with Gasteiger partial charge < -0.3 is 16.0 Å². The summed E-state index contributed by atoms with van der Waals surface area (Å²) in [5.41, 5.74) is 7.97. The summed E-state index contributed by atoms with van der Waals surface area (Å²) < 4.78 is 0. The maximum absolute atomic E-state index is 12.4. The van der Waals surface area contributed by atoms with Gasteiger partial charge in [0, 0.05) is 32.0 Å². The summed E-state index contributed by atoms with van der Waals surface area (Å²) in [4.78, 5) is 26.0. The van der Waals surface area contributed by atoms with Crippen molar-refractivity contribution in [2.75, 3.05) is 13.1 Å². The first-order valence-corrected chi connectivity index (χ1v) is 9.00. The quantitative estimate of drug-likeness (QED) is 0.811. The number of nitrogens with zero attached hydrogens (tertiary/aromatic N) is 1. The maximum atomic E-state index is 12.4. The SMILES string of the molecule is Cl.NC[C@H]1CCC[C@H]1C(=O)NCc1cccc(CN2CCCC2=O)c1. The van der Waals surface area contributed by atoms with Crippen LogP contribution in [0.25, 0.3) is 0 Å². The Bertz CT molecular complexity index is 608. The highest BCUT2D eigenvalue weighted by molar-refractivity contribution is 5.85. The average Bonchev–Trinajstić information content (AvgIpc) is 3.22. The second kappa shape index (κ2) is 9.20. The predicted octanol–water partition coefficient (Wildman–Crippen LogP) is 2.22. The second-order valence-corrected chi connectivity index (χ2v) is 6.99. The van der Waals surface area contributed by atoms with Crippen LogP contribution in [0.4, 0.5) is 0 Å². The molecular weight excluding hydrogens is 338 g/mol. The van der Waals surface area contributed by atoms with E-state index in [0.29, 0.717) is 32.0 Å². The molecule has 0 radical (unpaired) electrons. The molecular formula is C19H28ClN3O2. The zero-order valence-corrected chi connectivity index (χ0v) is 15.4. The topological polar surface area (TPSA) is 75.4 Å². The zero-order valence-electron chi connectivity index (χ0n) is 14.6. The standard InChI is InChI=1S/C19H27N3O2.ClH/c20-11-16-6-2-7-17(16)19(24)21-12-14-4-1-5-15(10-14)13-22-9-3-8-18(22)23;/h1,4-5,10,16-17H,2-3,6-9,11-13,20H2,(H,21,24);1H/t16-,17-;/m1./s1. The van der Waals surface area contributed by atoms with E-state index in [9.17, 15) is 9.59 Å². The molecule has 0 unspecified atom stereocenters. The van der Waals surface area contributed by atoms with Crippen LogP contribution in [0.1, 0.15) is 43.2 Å². The van der Waals surface area contributed by atoms with Crippen LogP contribution in [-0.4, -0.2) is 29.8 Å². The van der Waals surface area contributed by atoms with Crippen molar-refractivity contribution in [2.45, 2.75) is 45.2 Å². The summed E-state index contributed by atoms with van der Waals surface area (Å²) in [5.74, 6) is 0.767. The van der Waals surface area contributed by atoms with E-state index in [1.165, 1.54) is 0 Å². The van der Waals surface area contributed by atoms with Crippen molar-refractivity contribution < 1.29 is 9.59 Å². The van der Waals surface area contributed by atoms with Crippen LogP contribution in [-0.2, 0) is 22.7 Å². The zero-order chi connectivity index (χ0) is 16.9. The number of benzene rings is 1. The van der Waals surface area contributed by atoms with E-state index in [2.05, 4.69) is 11.4 Å². The molecule has 0 bridgehead atoms. The Balaban J connectivity index is 0.00000225. The molecule has 1 heterocycles. The van der Waals surface area contributed by atoms with Crippen molar-refractivity contribution >= 4 is 24.2 Å². The highest BCUT2D eigenvalue weighted by Gasteiger charge is 2.31. The van der Waals surface area contributed by atoms with E-state index in [1.807, 2.05) is 23.1 Å². The first-order chi connectivity index (χ1) is 11.7. The normalized spacial score (nSPS) is 22.8. The van der Waals surface area contributed by atoms with Crippen LogP contribution in [0.5, 0.6) is 0 Å². The van der Waals surface area contributed by atoms with Gasteiger partial charge in [0.25, 0.3) is 0 Å². The first kappa shape index (κ1) is 19.7. The lowest BCUT2D eigenvalue weighted by molar-refractivity contribution is -0.128. The van der Waals surface area contributed by atoms with Crippen molar-refractivity contribution in [1.82, 2.24) is 10.2 Å². The summed E-state index contributed by atoms with van der Waals surface area (Å²) in [6, 6.07) is 8.14. The lowest BCUT2D eigenvalue weighted by atomic mass is 9.95. The Morgan fingerprint density at radius 3 is 2.76 bits per heavy atom. The van der Waals surface area contributed by atoms with Gasteiger partial charge in [-0.25, -0.2) is 0 Å². The minimum atomic E-state index is 0. The third kappa shape index (κ3) is 4.95. The van der Waals surface area contributed by atoms with Crippen molar-refractivity contribution in [2.24, 2.45) is 17.6 Å². The van der Waals surface area contributed by atoms with Gasteiger partial charge in [0.1, 0.15) is 0 Å². The predicted molar refractivity (Wildman–Crippen MR) is 100 cm³/mol. The molecule has 1 aromatic carbocycles. The molecule has 1 saturated carbocycles. The van der Waals surface area contributed by atoms with Gasteiger partial charge in [-0.15, -0.1) is 12.4 Å². The van der Waals surface area contributed by atoms with Crippen molar-refractivity contribution in [1.29, 1.82) is 0 Å².